The number of rotatable bonds is 2. The Morgan fingerprint density at radius 3 is 2.28 bits per heavy atom. The van der Waals surface area contributed by atoms with Crippen LogP contribution in [0.2, 0.25) is 0 Å². The maximum Gasteiger partial charge on any atom is 0.0793 e. The molecule has 1 atom stereocenters. The number of hydrogen-bond donors (Lipinski definition) is 1. The molecule has 0 aliphatic rings. The van der Waals surface area contributed by atoms with E-state index >= 15 is 0 Å². The Kier molecular flexibility index (Phi) is 2.77. The van der Waals surface area contributed by atoms with Gasteiger partial charge in [-0.15, -0.1) is 0 Å². The van der Waals surface area contributed by atoms with Crippen molar-refractivity contribution >= 4 is 21.5 Å². The van der Waals surface area contributed by atoms with Crippen molar-refractivity contribution in [2.75, 3.05) is 0 Å². The van der Waals surface area contributed by atoms with Crippen molar-refractivity contribution in [3.63, 3.8) is 0 Å². The quantitative estimate of drug-likeness (QED) is 0.652. The number of fused-ring (bicyclic) bond motifs is 2. The second-order valence-corrected chi connectivity index (χ2v) is 4.69. The van der Waals surface area contributed by atoms with Crippen molar-refractivity contribution in [3.8, 4) is 0 Å². The molecule has 3 aromatic carbocycles. The summed E-state index contributed by atoms with van der Waals surface area (Å²) in [4.78, 5) is 0. The van der Waals surface area contributed by atoms with Crippen LogP contribution in [0, 0.1) is 0 Å². The summed E-state index contributed by atoms with van der Waals surface area (Å²) >= 11 is 0. The maximum absolute atomic E-state index is 10.1. The highest BCUT2D eigenvalue weighted by Crippen LogP contribution is 2.29. The van der Waals surface area contributed by atoms with Crippen LogP contribution in [0.25, 0.3) is 21.5 Å². The van der Waals surface area contributed by atoms with E-state index in [1.807, 2.05) is 25.1 Å². The first-order chi connectivity index (χ1) is 8.79. The average molecular weight is 236 g/mol. The van der Waals surface area contributed by atoms with Gasteiger partial charge in [-0.1, -0.05) is 49.4 Å². The van der Waals surface area contributed by atoms with Gasteiger partial charge in [-0.3, -0.25) is 0 Å². The molecule has 3 rings (SSSR count). The van der Waals surface area contributed by atoms with Crippen LogP contribution in [-0.4, -0.2) is 5.11 Å². The fourth-order valence-corrected chi connectivity index (χ4v) is 2.50. The number of hydrogen-bond acceptors (Lipinski definition) is 1. The van der Waals surface area contributed by atoms with Crippen LogP contribution in [0.3, 0.4) is 0 Å². The lowest BCUT2D eigenvalue weighted by Crippen LogP contribution is -1.96. The summed E-state index contributed by atoms with van der Waals surface area (Å²) in [6.07, 6.45) is 0.362. The zero-order chi connectivity index (χ0) is 12.5. The van der Waals surface area contributed by atoms with Gasteiger partial charge in [0.1, 0.15) is 0 Å². The van der Waals surface area contributed by atoms with E-state index in [9.17, 15) is 5.11 Å². The van der Waals surface area contributed by atoms with Crippen molar-refractivity contribution in [2.45, 2.75) is 19.4 Å². The van der Waals surface area contributed by atoms with Crippen LogP contribution < -0.4 is 0 Å². The summed E-state index contributed by atoms with van der Waals surface area (Å²) in [5, 5.41) is 14.9. The molecule has 0 fully saturated rings. The second kappa shape index (κ2) is 4.43. The first-order valence-electron chi connectivity index (χ1n) is 6.39. The average Bonchev–Trinajstić information content (AvgIpc) is 2.43. The third-order valence-electron chi connectivity index (χ3n) is 3.53. The van der Waals surface area contributed by atoms with Crippen LogP contribution in [0.4, 0.5) is 0 Å². The summed E-state index contributed by atoms with van der Waals surface area (Å²) in [6, 6.07) is 18.9. The van der Waals surface area contributed by atoms with E-state index in [0.717, 1.165) is 17.4 Å². The van der Waals surface area contributed by atoms with Gasteiger partial charge in [-0.25, -0.2) is 0 Å². The van der Waals surface area contributed by atoms with Gasteiger partial charge >= 0.3 is 0 Å². The highest BCUT2D eigenvalue weighted by molar-refractivity contribution is 5.99. The molecule has 0 radical (unpaired) electrons. The molecule has 1 unspecified atom stereocenters. The van der Waals surface area contributed by atoms with Crippen molar-refractivity contribution in [2.24, 2.45) is 0 Å². The number of aliphatic hydroxyl groups excluding tert-OH is 1. The summed E-state index contributed by atoms with van der Waals surface area (Å²) in [7, 11) is 0. The van der Waals surface area contributed by atoms with Gasteiger partial charge in [-0.05, 0) is 45.7 Å². The summed E-state index contributed by atoms with van der Waals surface area (Å²) < 4.78 is 0. The number of benzene rings is 3. The molecule has 0 saturated carbocycles. The molecular formula is C17H16O. The summed E-state index contributed by atoms with van der Waals surface area (Å²) in [6.45, 7) is 2.00. The molecule has 0 spiro atoms. The van der Waals surface area contributed by atoms with Gasteiger partial charge < -0.3 is 5.11 Å². The van der Waals surface area contributed by atoms with Gasteiger partial charge in [0, 0.05) is 0 Å². The minimum Gasteiger partial charge on any atom is -0.388 e. The Labute approximate surface area is 107 Å². The molecule has 1 N–H and O–H groups in total. The largest absolute Gasteiger partial charge is 0.388 e. The zero-order valence-electron chi connectivity index (χ0n) is 10.4. The molecule has 18 heavy (non-hydrogen) atoms. The molecule has 0 amide bonds. The van der Waals surface area contributed by atoms with Gasteiger partial charge in [0.25, 0.3) is 0 Å². The summed E-state index contributed by atoms with van der Waals surface area (Å²) in [5.74, 6) is 0. The Bertz CT molecular complexity index is 700. The molecule has 0 aliphatic carbocycles. The third kappa shape index (κ3) is 1.77. The molecule has 1 heteroatoms. The topological polar surface area (TPSA) is 20.2 Å². The van der Waals surface area contributed by atoms with Gasteiger partial charge in [0.05, 0.1) is 6.10 Å². The van der Waals surface area contributed by atoms with E-state index in [1.165, 1.54) is 16.2 Å². The molecule has 0 aliphatic heterocycles. The molecule has 0 heterocycles. The lowest BCUT2D eigenvalue weighted by molar-refractivity contribution is 0.175. The minimum absolute atomic E-state index is 0.380. The Morgan fingerprint density at radius 2 is 1.56 bits per heavy atom. The first-order valence-corrected chi connectivity index (χ1v) is 6.39. The lowest BCUT2D eigenvalue weighted by Gasteiger charge is -2.12. The molecule has 3 aromatic rings. The van der Waals surface area contributed by atoms with E-state index in [0.29, 0.717) is 0 Å². The standard InChI is InChI=1S/C17H16O/c1-2-17(18)15-9-5-8-14-10-12-6-3-4-7-13(12)11-16(14)15/h3-11,17-18H,2H2,1H3. The zero-order valence-corrected chi connectivity index (χ0v) is 10.4. The highest BCUT2D eigenvalue weighted by Gasteiger charge is 2.09. The van der Waals surface area contributed by atoms with E-state index < -0.39 is 0 Å². The van der Waals surface area contributed by atoms with Crippen LogP contribution in [0.15, 0.2) is 54.6 Å². The second-order valence-electron chi connectivity index (χ2n) is 4.69. The van der Waals surface area contributed by atoms with Gasteiger partial charge in [-0.2, -0.15) is 0 Å². The lowest BCUT2D eigenvalue weighted by atomic mass is 9.96. The fraction of sp³-hybridized carbons (Fsp3) is 0.176. The SMILES string of the molecule is CCC(O)c1cccc2cc3ccccc3cc12. The molecule has 0 aromatic heterocycles. The minimum atomic E-state index is -0.380. The van der Waals surface area contributed by atoms with Crippen LogP contribution in [0.1, 0.15) is 25.0 Å². The van der Waals surface area contributed by atoms with E-state index in [4.69, 9.17) is 0 Å². The summed E-state index contributed by atoms with van der Waals surface area (Å²) in [5.41, 5.74) is 1.03. The van der Waals surface area contributed by atoms with Crippen LogP contribution in [-0.2, 0) is 0 Å². The number of aliphatic hydroxyl groups is 1. The van der Waals surface area contributed by atoms with E-state index in [2.05, 4.69) is 36.4 Å². The molecule has 0 saturated heterocycles. The Morgan fingerprint density at radius 1 is 0.889 bits per heavy atom. The van der Waals surface area contributed by atoms with Crippen molar-refractivity contribution < 1.29 is 5.11 Å². The van der Waals surface area contributed by atoms with Gasteiger partial charge in [0.2, 0.25) is 0 Å². The fourth-order valence-electron chi connectivity index (χ4n) is 2.50. The van der Waals surface area contributed by atoms with Crippen molar-refractivity contribution in [1.82, 2.24) is 0 Å². The Balaban J connectivity index is 2.36. The van der Waals surface area contributed by atoms with E-state index in [1.54, 1.807) is 0 Å². The predicted octanol–water partition coefficient (Wildman–Crippen LogP) is 4.44. The highest BCUT2D eigenvalue weighted by atomic mass is 16.3. The molecular weight excluding hydrogens is 220 g/mol. The maximum atomic E-state index is 10.1. The van der Waals surface area contributed by atoms with Crippen LogP contribution in [0.5, 0.6) is 0 Å². The van der Waals surface area contributed by atoms with Crippen LogP contribution >= 0.6 is 0 Å². The van der Waals surface area contributed by atoms with E-state index in [-0.39, 0.29) is 6.10 Å². The monoisotopic (exact) mass is 236 g/mol. The Hall–Kier alpha value is -1.86. The van der Waals surface area contributed by atoms with Crippen molar-refractivity contribution in [3.05, 3.63) is 60.2 Å². The first kappa shape index (κ1) is 11.2. The normalized spacial score (nSPS) is 13.0. The van der Waals surface area contributed by atoms with Crippen molar-refractivity contribution in [1.29, 1.82) is 0 Å². The van der Waals surface area contributed by atoms with Gasteiger partial charge in [0.15, 0.2) is 0 Å². The predicted molar refractivity (Wildman–Crippen MR) is 76.7 cm³/mol. The molecule has 1 nitrogen and oxygen atoms in total. The smallest absolute Gasteiger partial charge is 0.0793 e. The molecule has 90 valence electrons. The third-order valence-corrected chi connectivity index (χ3v) is 3.53. The molecule has 0 bridgehead atoms.